The Morgan fingerprint density at radius 3 is 2.34 bits per heavy atom. The average Bonchev–Trinajstić information content (AvgIpc) is 2.82. The molecule has 0 bridgehead atoms. The number of para-hydroxylation sites is 2. The largest absolute Gasteiger partial charge is 0.495 e. The minimum atomic E-state index is -3.86. The molecule has 0 heterocycles. The number of benzene rings is 2. The summed E-state index contributed by atoms with van der Waals surface area (Å²) in [4.78, 5) is 28.0. The van der Waals surface area contributed by atoms with Gasteiger partial charge in [-0.2, -0.15) is 0 Å². The molecule has 0 aliphatic heterocycles. The van der Waals surface area contributed by atoms with E-state index in [2.05, 4.69) is 5.32 Å². The number of carbonyl (C=O) groups is 2. The number of nitrogens with one attached hydrogen (secondary N) is 1. The van der Waals surface area contributed by atoms with Crippen LogP contribution in [0.2, 0.25) is 10.0 Å². The Labute approximate surface area is 217 Å². The molecule has 0 aromatic heterocycles. The van der Waals surface area contributed by atoms with Crippen molar-refractivity contribution in [1.82, 2.24) is 10.2 Å². The van der Waals surface area contributed by atoms with E-state index in [0.717, 1.165) is 17.0 Å². The minimum Gasteiger partial charge on any atom is -0.495 e. The summed E-state index contributed by atoms with van der Waals surface area (Å²) < 4.78 is 31.7. The first-order valence-corrected chi connectivity index (χ1v) is 13.8. The molecular formula is C24H31Cl2N3O5S. The topological polar surface area (TPSA) is 96.0 Å². The maximum atomic E-state index is 13.6. The number of carbonyl (C=O) groups excluding carboxylic acids is 2. The number of anilines is 1. The van der Waals surface area contributed by atoms with Gasteiger partial charge in [0.25, 0.3) is 0 Å². The number of methoxy groups -OCH3 is 1. The number of ether oxygens (including phenoxy) is 1. The van der Waals surface area contributed by atoms with Crippen LogP contribution in [0.1, 0.15) is 32.3 Å². The van der Waals surface area contributed by atoms with Gasteiger partial charge in [-0.25, -0.2) is 8.42 Å². The number of sulfonamides is 1. The molecule has 0 spiro atoms. The van der Waals surface area contributed by atoms with Gasteiger partial charge in [-0.15, -0.1) is 0 Å². The molecule has 2 aromatic carbocycles. The third-order valence-corrected chi connectivity index (χ3v) is 7.17. The van der Waals surface area contributed by atoms with Crippen LogP contribution in [0.25, 0.3) is 0 Å². The molecule has 0 saturated heterocycles. The fourth-order valence-corrected chi connectivity index (χ4v) is 4.72. The summed E-state index contributed by atoms with van der Waals surface area (Å²) in [6.45, 7) is 3.70. The highest BCUT2D eigenvalue weighted by atomic mass is 35.5. The molecule has 0 aliphatic carbocycles. The summed E-state index contributed by atoms with van der Waals surface area (Å²) >= 11 is 12.2. The maximum Gasteiger partial charge on any atom is 0.244 e. The molecule has 8 nitrogen and oxygen atoms in total. The number of amides is 2. The van der Waals surface area contributed by atoms with Gasteiger partial charge in [-0.3, -0.25) is 13.9 Å². The normalized spacial score (nSPS) is 12.1. The molecule has 0 saturated carbocycles. The lowest BCUT2D eigenvalue weighted by atomic mass is 10.1. The van der Waals surface area contributed by atoms with E-state index in [1.165, 1.54) is 12.0 Å². The van der Waals surface area contributed by atoms with Crippen LogP contribution < -0.4 is 14.4 Å². The average molecular weight is 545 g/mol. The maximum absolute atomic E-state index is 13.6. The van der Waals surface area contributed by atoms with Crippen LogP contribution in [0.4, 0.5) is 5.69 Å². The number of nitrogens with zero attached hydrogens (tertiary/aromatic N) is 2. The first-order chi connectivity index (χ1) is 16.5. The summed E-state index contributed by atoms with van der Waals surface area (Å²) in [6, 6.07) is 10.6. The first-order valence-electron chi connectivity index (χ1n) is 11.1. The van der Waals surface area contributed by atoms with Gasteiger partial charge < -0.3 is 15.0 Å². The number of rotatable bonds is 12. The number of halogens is 2. The molecular weight excluding hydrogens is 513 g/mol. The van der Waals surface area contributed by atoms with Crippen molar-refractivity contribution in [3.05, 3.63) is 58.1 Å². The zero-order valence-corrected chi connectivity index (χ0v) is 22.6. The number of hydrogen-bond acceptors (Lipinski definition) is 5. The summed E-state index contributed by atoms with van der Waals surface area (Å²) in [7, 11) is -2.44. The van der Waals surface area contributed by atoms with Crippen LogP contribution in [-0.4, -0.2) is 57.6 Å². The van der Waals surface area contributed by atoms with Gasteiger partial charge in [-0.05, 0) is 42.7 Å². The molecule has 11 heteroatoms. The van der Waals surface area contributed by atoms with Gasteiger partial charge in [0, 0.05) is 13.1 Å². The van der Waals surface area contributed by atoms with Gasteiger partial charge in [-0.1, -0.05) is 55.2 Å². The van der Waals surface area contributed by atoms with Crippen molar-refractivity contribution in [2.45, 2.75) is 39.3 Å². The van der Waals surface area contributed by atoms with Crippen molar-refractivity contribution in [1.29, 1.82) is 0 Å². The van der Waals surface area contributed by atoms with Crippen LogP contribution >= 0.6 is 23.2 Å². The molecule has 35 heavy (non-hydrogen) atoms. The zero-order valence-electron chi connectivity index (χ0n) is 20.3. The van der Waals surface area contributed by atoms with E-state index in [-0.39, 0.29) is 18.1 Å². The van der Waals surface area contributed by atoms with Crippen LogP contribution in [0.15, 0.2) is 42.5 Å². The standard InChI is InChI=1S/C24H31Cl2N3O5S/c1-5-13-27-24(31)20(6-2)28(15-17-11-12-18(25)19(26)14-17)23(30)16-29(35(4,32)33)21-9-7-8-10-22(21)34-3/h7-12,14,20H,5-6,13,15-16H2,1-4H3,(H,27,31)/t20-/m0/s1. The molecule has 0 radical (unpaired) electrons. The third kappa shape index (κ3) is 7.75. The monoisotopic (exact) mass is 543 g/mol. The van der Waals surface area contributed by atoms with Gasteiger partial charge in [0.1, 0.15) is 18.3 Å². The highest BCUT2D eigenvalue weighted by Gasteiger charge is 2.32. The highest BCUT2D eigenvalue weighted by molar-refractivity contribution is 7.92. The van der Waals surface area contributed by atoms with Crippen LogP contribution in [0, 0.1) is 0 Å². The van der Waals surface area contributed by atoms with Crippen molar-refractivity contribution < 1.29 is 22.7 Å². The Hall–Kier alpha value is -2.49. The molecule has 0 aliphatic rings. The summed E-state index contributed by atoms with van der Waals surface area (Å²) in [5.41, 5.74) is 0.876. The predicted molar refractivity (Wildman–Crippen MR) is 140 cm³/mol. The minimum absolute atomic E-state index is 0.0390. The van der Waals surface area contributed by atoms with E-state index in [4.69, 9.17) is 27.9 Å². The second kappa shape index (κ2) is 13.0. The van der Waals surface area contributed by atoms with Crippen molar-refractivity contribution in [2.24, 2.45) is 0 Å². The van der Waals surface area contributed by atoms with E-state index in [0.29, 0.717) is 34.3 Å². The van der Waals surface area contributed by atoms with E-state index < -0.39 is 28.5 Å². The fourth-order valence-electron chi connectivity index (χ4n) is 3.55. The van der Waals surface area contributed by atoms with Crippen LogP contribution in [0.3, 0.4) is 0 Å². The summed E-state index contributed by atoms with van der Waals surface area (Å²) in [5.74, 6) is -0.564. The van der Waals surface area contributed by atoms with E-state index in [9.17, 15) is 18.0 Å². The van der Waals surface area contributed by atoms with Crippen molar-refractivity contribution in [2.75, 3.05) is 30.8 Å². The Morgan fingerprint density at radius 1 is 1.09 bits per heavy atom. The Morgan fingerprint density at radius 2 is 1.77 bits per heavy atom. The van der Waals surface area contributed by atoms with Gasteiger partial charge >= 0.3 is 0 Å². The smallest absolute Gasteiger partial charge is 0.244 e. The molecule has 1 N–H and O–H groups in total. The predicted octanol–water partition coefficient (Wildman–Crippen LogP) is 4.10. The summed E-state index contributed by atoms with van der Waals surface area (Å²) in [5, 5.41) is 3.50. The van der Waals surface area contributed by atoms with Gasteiger partial charge in [0.15, 0.2) is 0 Å². The SMILES string of the molecule is CCCNC(=O)[C@H](CC)N(Cc1ccc(Cl)c(Cl)c1)C(=O)CN(c1ccccc1OC)S(C)(=O)=O. The Bertz CT molecular complexity index is 1140. The second-order valence-corrected chi connectivity index (χ2v) is 10.6. The fraction of sp³-hybridized carbons (Fsp3) is 0.417. The van der Waals surface area contributed by atoms with E-state index >= 15 is 0 Å². The summed E-state index contributed by atoms with van der Waals surface area (Å²) in [6.07, 6.45) is 2.08. The van der Waals surface area contributed by atoms with Crippen molar-refractivity contribution in [3.8, 4) is 5.75 Å². The Balaban J connectivity index is 2.48. The van der Waals surface area contributed by atoms with Gasteiger partial charge in [0.2, 0.25) is 21.8 Å². The van der Waals surface area contributed by atoms with Gasteiger partial charge in [0.05, 0.1) is 29.1 Å². The highest BCUT2D eigenvalue weighted by Crippen LogP contribution is 2.30. The molecule has 0 unspecified atom stereocenters. The molecule has 192 valence electrons. The molecule has 2 rings (SSSR count). The molecule has 2 amide bonds. The van der Waals surface area contributed by atoms with E-state index in [1.54, 1.807) is 49.4 Å². The molecule has 2 aromatic rings. The first kappa shape index (κ1) is 28.7. The lowest BCUT2D eigenvalue weighted by Crippen LogP contribution is -2.52. The van der Waals surface area contributed by atoms with E-state index in [1.807, 2.05) is 6.92 Å². The number of hydrogen-bond donors (Lipinski definition) is 1. The Kier molecular flexibility index (Phi) is 10.7. The molecule has 0 fully saturated rings. The zero-order chi connectivity index (χ0) is 26.2. The molecule has 1 atom stereocenters. The van der Waals surface area contributed by atoms with Crippen LogP contribution in [-0.2, 0) is 26.2 Å². The van der Waals surface area contributed by atoms with Crippen molar-refractivity contribution in [3.63, 3.8) is 0 Å². The third-order valence-electron chi connectivity index (χ3n) is 5.31. The quantitative estimate of drug-likeness (QED) is 0.434. The lowest BCUT2D eigenvalue weighted by Gasteiger charge is -2.33. The lowest BCUT2D eigenvalue weighted by molar-refractivity contribution is -0.140. The van der Waals surface area contributed by atoms with Crippen molar-refractivity contribution >= 4 is 50.7 Å². The van der Waals surface area contributed by atoms with Crippen LogP contribution in [0.5, 0.6) is 5.75 Å². The second-order valence-electron chi connectivity index (χ2n) is 7.93.